The number of benzene rings is 1. The first-order chi connectivity index (χ1) is 8.90. The van der Waals surface area contributed by atoms with Crippen molar-refractivity contribution in [3.8, 4) is 0 Å². The highest BCUT2D eigenvalue weighted by molar-refractivity contribution is 7.91. The summed E-state index contributed by atoms with van der Waals surface area (Å²) in [6.45, 7) is 4.54. The molecular formula is C15H21NO2S. The van der Waals surface area contributed by atoms with Crippen molar-refractivity contribution < 1.29 is 8.42 Å². The maximum absolute atomic E-state index is 12.2. The summed E-state index contributed by atoms with van der Waals surface area (Å²) >= 11 is 0. The van der Waals surface area contributed by atoms with E-state index in [1.165, 1.54) is 12.8 Å². The number of hydrogen-bond donors (Lipinski definition) is 1. The van der Waals surface area contributed by atoms with E-state index in [1.54, 1.807) is 12.1 Å². The van der Waals surface area contributed by atoms with Gasteiger partial charge in [0, 0.05) is 12.1 Å². The van der Waals surface area contributed by atoms with Crippen LogP contribution in [0.3, 0.4) is 0 Å². The fraction of sp³-hybridized carbons (Fsp3) is 0.600. The van der Waals surface area contributed by atoms with E-state index in [0.29, 0.717) is 10.9 Å². The third-order valence-corrected chi connectivity index (χ3v) is 6.49. The van der Waals surface area contributed by atoms with E-state index in [2.05, 4.69) is 19.2 Å². The lowest BCUT2D eigenvalue weighted by molar-refractivity contribution is 0.267. The van der Waals surface area contributed by atoms with E-state index in [0.717, 1.165) is 12.0 Å². The van der Waals surface area contributed by atoms with Gasteiger partial charge in [0.15, 0.2) is 9.84 Å². The Hall–Kier alpha value is -0.870. The molecule has 2 unspecified atom stereocenters. The third kappa shape index (κ3) is 2.21. The number of rotatable bonds is 2. The van der Waals surface area contributed by atoms with Gasteiger partial charge in [-0.1, -0.05) is 38.5 Å². The van der Waals surface area contributed by atoms with Crippen LogP contribution in [-0.2, 0) is 9.84 Å². The van der Waals surface area contributed by atoms with Gasteiger partial charge in [-0.05, 0) is 29.9 Å². The molecule has 0 amide bonds. The molecule has 3 nitrogen and oxygen atoms in total. The maximum Gasteiger partial charge on any atom is 0.180 e. The quantitative estimate of drug-likeness (QED) is 0.905. The van der Waals surface area contributed by atoms with Crippen molar-refractivity contribution in [2.75, 3.05) is 5.75 Å². The van der Waals surface area contributed by atoms with Gasteiger partial charge in [-0.2, -0.15) is 0 Å². The molecule has 1 N–H and O–H groups in total. The van der Waals surface area contributed by atoms with E-state index in [1.807, 2.05) is 12.1 Å². The summed E-state index contributed by atoms with van der Waals surface area (Å²) in [7, 11) is -3.10. The molecule has 1 aliphatic carbocycles. The minimum Gasteiger partial charge on any atom is -0.306 e. The first-order valence-corrected chi connectivity index (χ1v) is 8.63. The summed E-state index contributed by atoms with van der Waals surface area (Å²) in [5.74, 6) is 0.207. The molecule has 1 fully saturated rings. The van der Waals surface area contributed by atoms with Crippen molar-refractivity contribution in [3.63, 3.8) is 0 Å². The van der Waals surface area contributed by atoms with Gasteiger partial charge in [-0.15, -0.1) is 0 Å². The van der Waals surface area contributed by atoms with Crippen molar-refractivity contribution in [1.82, 2.24) is 5.32 Å². The Kier molecular flexibility index (Phi) is 2.98. The molecule has 0 aromatic heterocycles. The zero-order chi connectivity index (χ0) is 13.7. The molecule has 4 heteroatoms. The van der Waals surface area contributed by atoms with Crippen molar-refractivity contribution in [1.29, 1.82) is 0 Å². The highest BCUT2D eigenvalue weighted by Gasteiger charge is 2.40. The molecule has 1 saturated carbocycles. The molecule has 0 saturated heterocycles. The van der Waals surface area contributed by atoms with E-state index in [-0.39, 0.29) is 17.2 Å². The number of fused-ring (bicyclic) bond motifs is 1. The summed E-state index contributed by atoms with van der Waals surface area (Å²) < 4.78 is 24.3. The first-order valence-electron chi connectivity index (χ1n) is 6.98. The van der Waals surface area contributed by atoms with Crippen molar-refractivity contribution in [2.45, 2.75) is 50.1 Å². The smallest absolute Gasteiger partial charge is 0.180 e. The largest absolute Gasteiger partial charge is 0.306 e. The van der Waals surface area contributed by atoms with Crippen LogP contribution >= 0.6 is 0 Å². The summed E-state index contributed by atoms with van der Waals surface area (Å²) in [5, 5.41) is 3.60. The van der Waals surface area contributed by atoms with Crippen molar-refractivity contribution >= 4 is 9.84 Å². The Morgan fingerprint density at radius 2 is 2.00 bits per heavy atom. The average molecular weight is 279 g/mol. The van der Waals surface area contributed by atoms with Gasteiger partial charge in [-0.25, -0.2) is 8.42 Å². The molecule has 1 aliphatic heterocycles. The van der Waals surface area contributed by atoms with Crippen LogP contribution in [0.25, 0.3) is 0 Å². The van der Waals surface area contributed by atoms with Gasteiger partial charge < -0.3 is 5.32 Å². The molecular weight excluding hydrogens is 258 g/mol. The van der Waals surface area contributed by atoms with Crippen LogP contribution in [0.15, 0.2) is 29.2 Å². The lowest BCUT2D eigenvalue weighted by atomic mass is 9.86. The van der Waals surface area contributed by atoms with Crippen LogP contribution in [0.4, 0.5) is 0 Å². The molecule has 0 bridgehead atoms. The maximum atomic E-state index is 12.2. The van der Waals surface area contributed by atoms with Gasteiger partial charge in [-0.3, -0.25) is 0 Å². The second-order valence-corrected chi connectivity index (χ2v) is 8.47. The number of nitrogens with one attached hydrogen (secondary N) is 1. The number of sulfone groups is 1. The number of hydrogen-bond acceptors (Lipinski definition) is 3. The molecule has 2 aliphatic rings. The molecule has 1 heterocycles. The average Bonchev–Trinajstić information content (AvgIpc) is 2.79. The SMILES string of the molecule is CC1(C)CCCC1NC1CS(=O)(=O)c2ccccc21. The Bertz CT molecular complexity index is 592. The van der Waals surface area contributed by atoms with Crippen LogP contribution in [0, 0.1) is 5.41 Å². The lowest BCUT2D eigenvalue weighted by Gasteiger charge is -2.30. The van der Waals surface area contributed by atoms with Crippen LogP contribution in [-0.4, -0.2) is 20.2 Å². The second kappa shape index (κ2) is 4.32. The Balaban J connectivity index is 1.89. The minimum atomic E-state index is -3.10. The zero-order valence-electron chi connectivity index (χ0n) is 11.5. The molecule has 3 rings (SSSR count). The molecule has 0 spiro atoms. The summed E-state index contributed by atoms with van der Waals surface area (Å²) in [4.78, 5) is 0.517. The zero-order valence-corrected chi connectivity index (χ0v) is 12.3. The monoisotopic (exact) mass is 279 g/mol. The van der Waals surface area contributed by atoms with Crippen LogP contribution < -0.4 is 5.32 Å². The predicted molar refractivity (Wildman–Crippen MR) is 75.8 cm³/mol. The topological polar surface area (TPSA) is 46.2 Å². The van der Waals surface area contributed by atoms with Gasteiger partial charge in [0.2, 0.25) is 0 Å². The van der Waals surface area contributed by atoms with E-state index >= 15 is 0 Å². The normalized spacial score (nSPS) is 31.3. The third-order valence-electron chi connectivity index (χ3n) is 4.68. The fourth-order valence-corrected chi connectivity index (χ4v) is 5.22. The van der Waals surface area contributed by atoms with Gasteiger partial charge >= 0.3 is 0 Å². The molecule has 104 valence electrons. The van der Waals surface area contributed by atoms with Crippen LogP contribution in [0.2, 0.25) is 0 Å². The van der Waals surface area contributed by atoms with Crippen LogP contribution in [0.1, 0.15) is 44.7 Å². The highest BCUT2D eigenvalue weighted by atomic mass is 32.2. The van der Waals surface area contributed by atoms with E-state index in [4.69, 9.17) is 0 Å². The minimum absolute atomic E-state index is 0.0384. The molecule has 19 heavy (non-hydrogen) atoms. The molecule has 0 radical (unpaired) electrons. The van der Waals surface area contributed by atoms with Crippen molar-refractivity contribution in [3.05, 3.63) is 29.8 Å². The second-order valence-electron chi connectivity index (χ2n) is 6.47. The lowest BCUT2D eigenvalue weighted by Crippen LogP contribution is -2.40. The Labute approximate surface area is 115 Å². The molecule has 2 atom stereocenters. The summed E-state index contributed by atoms with van der Waals surface area (Å²) in [5.41, 5.74) is 1.21. The molecule has 1 aromatic carbocycles. The Morgan fingerprint density at radius 3 is 2.68 bits per heavy atom. The van der Waals surface area contributed by atoms with Crippen molar-refractivity contribution in [2.24, 2.45) is 5.41 Å². The summed E-state index contributed by atoms with van der Waals surface area (Å²) in [6.07, 6.45) is 3.59. The van der Waals surface area contributed by atoms with E-state index < -0.39 is 9.84 Å². The predicted octanol–water partition coefficient (Wildman–Crippen LogP) is 2.68. The van der Waals surface area contributed by atoms with Crippen LogP contribution in [0.5, 0.6) is 0 Å². The Morgan fingerprint density at radius 1 is 1.26 bits per heavy atom. The van der Waals surface area contributed by atoms with E-state index in [9.17, 15) is 8.42 Å². The first kappa shape index (κ1) is 13.1. The van der Waals surface area contributed by atoms with Gasteiger partial charge in [0.1, 0.15) is 0 Å². The fourth-order valence-electron chi connectivity index (χ4n) is 3.47. The molecule has 1 aromatic rings. The highest BCUT2D eigenvalue weighted by Crippen LogP contribution is 2.40. The van der Waals surface area contributed by atoms with Gasteiger partial charge in [0.25, 0.3) is 0 Å². The summed E-state index contributed by atoms with van der Waals surface area (Å²) in [6, 6.07) is 7.78. The van der Waals surface area contributed by atoms with Gasteiger partial charge in [0.05, 0.1) is 10.6 Å². The standard InChI is InChI=1S/C15H21NO2S/c1-15(2)9-5-8-14(15)16-12-10-19(17,18)13-7-4-3-6-11(12)13/h3-4,6-7,12,14,16H,5,8-10H2,1-2H3.